The summed E-state index contributed by atoms with van der Waals surface area (Å²) >= 11 is 5.31. The number of thiophene rings is 1. The maximum absolute atomic E-state index is 3.59. The molecule has 1 fully saturated rings. The summed E-state index contributed by atoms with van der Waals surface area (Å²) in [6.07, 6.45) is 4.14. The lowest BCUT2D eigenvalue weighted by Crippen LogP contribution is -2.21. The highest BCUT2D eigenvalue weighted by Gasteiger charge is 2.20. The first-order valence-corrected chi connectivity index (χ1v) is 9.02. The zero-order valence-electron chi connectivity index (χ0n) is 11.7. The van der Waals surface area contributed by atoms with E-state index in [2.05, 4.69) is 63.9 Å². The highest BCUT2D eigenvalue weighted by atomic mass is 79.9. The van der Waals surface area contributed by atoms with E-state index in [-0.39, 0.29) is 0 Å². The average Bonchev–Trinajstić information content (AvgIpc) is 2.82. The summed E-state index contributed by atoms with van der Waals surface area (Å²) in [4.78, 5) is 0. The molecule has 1 N–H and O–H groups in total. The van der Waals surface area contributed by atoms with E-state index in [0.29, 0.717) is 6.04 Å². The van der Waals surface area contributed by atoms with Crippen molar-refractivity contribution in [3.05, 3.63) is 56.2 Å². The normalized spacial score (nSPS) is 16.9. The summed E-state index contributed by atoms with van der Waals surface area (Å²) in [5, 5.41) is 5.82. The highest BCUT2D eigenvalue weighted by molar-refractivity contribution is 9.11. The molecular formula is C17H20BrNS. The summed E-state index contributed by atoms with van der Waals surface area (Å²) in [5.41, 5.74) is 4.22. The minimum Gasteiger partial charge on any atom is -0.307 e. The van der Waals surface area contributed by atoms with Crippen molar-refractivity contribution >= 4 is 27.3 Å². The minimum absolute atomic E-state index is 0.304. The number of rotatable bonds is 5. The first-order chi connectivity index (χ1) is 9.78. The lowest BCUT2D eigenvalue weighted by Gasteiger charge is -2.26. The topological polar surface area (TPSA) is 12.0 Å². The van der Waals surface area contributed by atoms with Crippen molar-refractivity contribution in [2.24, 2.45) is 0 Å². The van der Waals surface area contributed by atoms with Crippen LogP contribution in [0.5, 0.6) is 0 Å². The van der Waals surface area contributed by atoms with E-state index >= 15 is 0 Å². The van der Waals surface area contributed by atoms with Crippen LogP contribution in [0.1, 0.15) is 54.8 Å². The van der Waals surface area contributed by atoms with Crippen molar-refractivity contribution < 1.29 is 0 Å². The second kappa shape index (κ2) is 6.42. The van der Waals surface area contributed by atoms with Crippen LogP contribution in [0.3, 0.4) is 0 Å². The van der Waals surface area contributed by atoms with E-state index in [1.807, 2.05) is 0 Å². The average molecular weight is 350 g/mol. The Bertz CT molecular complexity index is 557. The van der Waals surface area contributed by atoms with Crippen molar-refractivity contribution in [2.45, 2.75) is 38.1 Å². The standard InChI is InChI=1S/C17H20BrNS/c1-2-19-17(15-10-16(18)20-11-15)14-8-6-13(7-9-14)12-4-3-5-12/h6-12,17,19H,2-5H2,1H3. The molecule has 1 aliphatic carbocycles. The molecule has 0 spiro atoms. The molecule has 1 aromatic heterocycles. The van der Waals surface area contributed by atoms with Gasteiger partial charge in [0.05, 0.1) is 9.83 Å². The lowest BCUT2D eigenvalue weighted by molar-refractivity contribution is 0.419. The van der Waals surface area contributed by atoms with Crippen LogP contribution in [0.15, 0.2) is 39.5 Å². The third kappa shape index (κ3) is 3.00. The number of halogens is 1. The van der Waals surface area contributed by atoms with Crippen molar-refractivity contribution in [1.82, 2.24) is 5.32 Å². The van der Waals surface area contributed by atoms with Crippen molar-refractivity contribution in [3.8, 4) is 0 Å². The highest BCUT2D eigenvalue weighted by Crippen LogP contribution is 2.37. The van der Waals surface area contributed by atoms with Gasteiger partial charge in [0.1, 0.15) is 0 Å². The van der Waals surface area contributed by atoms with Gasteiger partial charge < -0.3 is 5.32 Å². The van der Waals surface area contributed by atoms with Gasteiger partial charge >= 0.3 is 0 Å². The number of hydrogen-bond donors (Lipinski definition) is 1. The molecule has 2 aromatic rings. The van der Waals surface area contributed by atoms with E-state index < -0.39 is 0 Å². The summed E-state index contributed by atoms with van der Waals surface area (Å²) in [6, 6.07) is 11.8. The van der Waals surface area contributed by atoms with Gasteiger partial charge in [-0.05, 0) is 69.4 Å². The fourth-order valence-corrected chi connectivity index (χ4v) is 4.01. The van der Waals surface area contributed by atoms with Crippen LogP contribution in [0.25, 0.3) is 0 Å². The van der Waals surface area contributed by atoms with Crippen molar-refractivity contribution in [1.29, 1.82) is 0 Å². The van der Waals surface area contributed by atoms with E-state index in [1.54, 1.807) is 11.3 Å². The second-order valence-electron chi connectivity index (χ2n) is 5.47. The van der Waals surface area contributed by atoms with Gasteiger partial charge in [0.25, 0.3) is 0 Å². The molecule has 0 aliphatic heterocycles. The molecule has 106 valence electrons. The predicted molar refractivity (Wildman–Crippen MR) is 90.6 cm³/mol. The zero-order valence-corrected chi connectivity index (χ0v) is 14.1. The van der Waals surface area contributed by atoms with Gasteiger partial charge in [0, 0.05) is 0 Å². The largest absolute Gasteiger partial charge is 0.307 e. The van der Waals surface area contributed by atoms with E-state index in [4.69, 9.17) is 0 Å². The molecule has 1 nitrogen and oxygen atoms in total. The summed E-state index contributed by atoms with van der Waals surface area (Å²) in [7, 11) is 0. The quantitative estimate of drug-likeness (QED) is 0.753. The van der Waals surface area contributed by atoms with E-state index in [1.165, 1.54) is 39.7 Å². The molecule has 1 atom stereocenters. The van der Waals surface area contributed by atoms with Gasteiger partial charge in [-0.3, -0.25) is 0 Å². The Labute approximate surface area is 133 Å². The molecule has 1 aromatic carbocycles. The van der Waals surface area contributed by atoms with Crippen molar-refractivity contribution in [2.75, 3.05) is 6.54 Å². The van der Waals surface area contributed by atoms with Crippen molar-refractivity contribution in [3.63, 3.8) is 0 Å². The van der Waals surface area contributed by atoms with Gasteiger partial charge in [-0.2, -0.15) is 0 Å². The minimum atomic E-state index is 0.304. The number of nitrogens with one attached hydrogen (secondary N) is 1. The maximum Gasteiger partial charge on any atom is 0.0701 e. The molecule has 0 bridgehead atoms. The van der Waals surface area contributed by atoms with E-state index in [0.717, 1.165) is 12.5 Å². The first-order valence-electron chi connectivity index (χ1n) is 7.35. The Morgan fingerprint density at radius 3 is 2.50 bits per heavy atom. The Balaban J connectivity index is 1.83. The molecule has 0 radical (unpaired) electrons. The summed E-state index contributed by atoms with van der Waals surface area (Å²) in [5.74, 6) is 0.817. The third-order valence-electron chi connectivity index (χ3n) is 4.18. The molecule has 3 heteroatoms. The van der Waals surface area contributed by atoms with Crippen LogP contribution in [-0.2, 0) is 0 Å². The third-order valence-corrected chi connectivity index (χ3v) is 5.70. The van der Waals surface area contributed by atoms with Crippen LogP contribution in [0, 0.1) is 0 Å². The fourth-order valence-electron chi connectivity index (χ4n) is 2.81. The maximum atomic E-state index is 3.59. The molecule has 1 saturated carbocycles. The molecule has 0 saturated heterocycles. The van der Waals surface area contributed by atoms with Gasteiger partial charge in [-0.1, -0.05) is 37.6 Å². The predicted octanol–water partition coefficient (Wildman–Crippen LogP) is 5.48. The molecule has 1 unspecified atom stereocenters. The van der Waals surface area contributed by atoms with Crippen LogP contribution in [0.2, 0.25) is 0 Å². The number of benzene rings is 1. The smallest absolute Gasteiger partial charge is 0.0701 e. The molecule has 20 heavy (non-hydrogen) atoms. The fraction of sp³-hybridized carbons (Fsp3) is 0.412. The van der Waals surface area contributed by atoms with Gasteiger partial charge in [0.2, 0.25) is 0 Å². The van der Waals surface area contributed by atoms with Gasteiger partial charge in [-0.15, -0.1) is 11.3 Å². The molecule has 0 amide bonds. The Morgan fingerprint density at radius 2 is 2.00 bits per heavy atom. The van der Waals surface area contributed by atoms with Crippen LogP contribution >= 0.6 is 27.3 Å². The van der Waals surface area contributed by atoms with Gasteiger partial charge in [-0.25, -0.2) is 0 Å². The molecular weight excluding hydrogens is 330 g/mol. The first kappa shape index (κ1) is 14.3. The summed E-state index contributed by atoms with van der Waals surface area (Å²) < 4.78 is 1.20. The zero-order chi connectivity index (χ0) is 13.9. The summed E-state index contributed by atoms with van der Waals surface area (Å²) in [6.45, 7) is 3.14. The number of hydrogen-bond acceptors (Lipinski definition) is 2. The molecule has 1 aliphatic rings. The lowest BCUT2D eigenvalue weighted by atomic mass is 9.79. The van der Waals surface area contributed by atoms with Crippen LogP contribution in [-0.4, -0.2) is 6.54 Å². The molecule has 1 heterocycles. The molecule has 3 rings (SSSR count). The Morgan fingerprint density at radius 1 is 1.25 bits per heavy atom. The second-order valence-corrected chi connectivity index (χ2v) is 7.76. The van der Waals surface area contributed by atoms with Crippen LogP contribution in [0.4, 0.5) is 0 Å². The monoisotopic (exact) mass is 349 g/mol. The Kier molecular flexibility index (Phi) is 4.59. The van der Waals surface area contributed by atoms with Gasteiger partial charge in [0.15, 0.2) is 0 Å². The van der Waals surface area contributed by atoms with E-state index in [9.17, 15) is 0 Å². The SMILES string of the molecule is CCNC(c1ccc(C2CCC2)cc1)c1csc(Br)c1. The Hall–Kier alpha value is -0.640. The van der Waals surface area contributed by atoms with Crippen LogP contribution < -0.4 is 5.32 Å².